The Balaban J connectivity index is 1.96. The Kier molecular flexibility index (Phi) is 5.66. The third-order valence-electron chi connectivity index (χ3n) is 4.01. The minimum atomic E-state index is -3.12. The van der Waals surface area contributed by atoms with E-state index in [2.05, 4.69) is 0 Å². The number of hydrogen-bond donors (Lipinski definition) is 1. The van der Waals surface area contributed by atoms with Crippen molar-refractivity contribution in [1.29, 1.82) is 0 Å². The van der Waals surface area contributed by atoms with Gasteiger partial charge in [0, 0.05) is 18.1 Å². The highest BCUT2D eigenvalue weighted by molar-refractivity contribution is 7.89. The standard InChI is InChI=1S/C15H22ClNO3S/c1-2-11-21(19,20)17-9-7-13(8-10-17)15(18)12-3-5-14(16)6-4-12/h3-6,13,15,18H,2,7-11H2,1H3. The van der Waals surface area contributed by atoms with Gasteiger partial charge in [0.05, 0.1) is 11.9 Å². The summed E-state index contributed by atoms with van der Waals surface area (Å²) in [5.41, 5.74) is 0.842. The molecule has 4 nitrogen and oxygen atoms in total. The Bertz CT molecular complexity index is 551. The summed E-state index contributed by atoms with van der Waals surface area (Å²) in [5.74, 6) is 0.302. The van der Waals surface area contributed by atoms with Crippen LogP contribution in [0.3, 0.4) is 0 Å². The third kappa shape index (κ3) is 4.19. The second kappa shape index (κ2) is 7.09. The Labute approximate surface area is 131 Å². The SMILES string of the molecule is CCCS(=O)(=O)N1CCC(C(O)c2ccc(Cl)cc2)CC1. The van der Waals surface area contributed by atoms with Crippen LogP contribution in [-0.2, 0) is 10.0 Å². The van der Waals surface area contributed by atoms with E-state index >= 15 is 0 Å². The van der Waals surface area contributed by atoms with Crippen molar-refractivity contribution in [3.63, 3.8) is 0 Å². The summed E-state index contributed by atoms with van der Waals surface area (Å²) in [4.78, 5) is 0. The summed E-state index contributed by atoms with van der Waals surface area (Å²) in [6, 6.07) is 7.18. The smallest absolute Gasteiger partial charge is 0.214 e. The topological polar surface area (TPSA) is 57.6 Å². The van der Waals surface area contributed by atoms with Gasteiger partial charge in [0.25, 0.3) is 0 Å². The monoisotopic (exact) mass is 331 g/mol. The summed E-state index contributed by atoms with van der Waals surface area (Å²) in [6.45, 7) is 2.86. The van der Waals surface area contributed by atoms with E-state index in [-0.39, 0.29) is 11.7 Å². The van der Waals surface area contributed by atoms with E-state index in [0.29, 0.717) is 37.4 Å². The molecule has 118 valence electrons. The summed E-state index contributed by atoms with van der Waals surface area (Å²) in [7, 11) is -3.12. The number of piperidine rings is 1. The first-order chi connectivity index (χ1) is 9.94. The molecular weight excluding hydrogens is 310 g/mol. The predicted octanol–water partition coefficient (Wildman–Crippen LogP) is 2.83. The van der Waals surface area contributed by atoms with Gasteiger partial charge in [-0.2, -0.15) is 0 Å². The minimum absolute atomic E-state index is 0.0965. The van der Waals surface area contributed by atoms with Crippen LogP contribution < -0.4 is 0 Å². The molecule has 6 heteroatoms. The van der Waals surface area contributed by atoms with E-state index in [9.17, 15) is 13.5 Å². The highest BCUT2D eigenvalue weighted by Gasteiger charge is 2.31. The number of rotatable bonds is 5. The van der Waals surface area contributed by atoms with Crippen molar-refractivity contribution in [2.45, 2.75) is 32.3 Å². The maximum atomic E-state index is 12.0. The number of aliphatic hydroxyl groups is 1. The van der Waals surface area contributed by atoms with Crippen LogP contribution in [0, 0.1) is 5.92 Å². The summed E-state index contributed by atoms with van der Waals surface area (Å²) in [6.07, 6.45) is 1.45. The average molecular weight is 332 g/mol. The van der Waals surface area contributed by atoms with Gasteiger partial charge in [-0.15, -0.1) is 0 Å². The molecule has 0 amide bonds. The molecule has 0 aromatic heterocycles. The van der Waals surface area contributed by atoms with E-state index in [1.807, 2.05) is 19.1 Å². The van der Waals surface area contributed by atoms with Gasteiger partial charge in [0.15, 0.2) is 0 Å². The second-order valence-corrected chi connectivity index (χ2v) is 8.07. The molecule has 1 saturated heterocycles. The van der Waals surface area contributed by atoms with Gasteiger partial charge < -0.3 is 5.11 Å². The quantitative estimate of drug-likeness (QED) is 0.902. The molecule has 1 aliphatic heterocycles. The van der Waals surface area contributed by atoms with Gasteiger partial charge in [0.1, 0.15) is 0 Å². The molecule has 1 atom stereocenters. The average Bonchev–Trinajstić information content (AvgIpc) is 2.47. The van der Waals surface area contributed by atoms with E-state index in [1.165, 1.54) is 0 Å². The first kappa shape index (κ1) is 16.7. The molecule has 1 heterocycles. The van der Waals surface area contributed by atoms with E-state index in [4.69, 9.17) is 11.6 Å². The predicted molar refractivity (Wildman–Crippen MR) is 84.8 cm³/mol. The Hall–Kier alpha value is -0.620. The molecule has 0 saturated carbocycles. The normalized spacial score (nSPS) is 19.6. The number of benzene rings is 1. The van der Waals surface area contributed by atoms with Crippen molar-refractivity contribution in [3.05, 3.63) is 34.9 Å². The van der Waals surface area contributed by atoms with Crippen molar-refractivity contribution in [2.24, 2.45) is 5.92 Å². The molecule has 1 aliphatic rings. The zero-order chi connectivity index (χ0) is 15.5. The first-order valence-electron chi connectivity index (χ1n) is 7.35. The van der Waals surface area contributed by atoms with Crippen molar-refractivity contribution in [3.8, 4) is 0 Å². The number of sulfonamides is 1. The molecule has 1 unspecified atom stereocenters. The van der Waals surface area contributed by atoms with Crippen LogP contribution in [0.15, 0.2) is 24.3 Å². The van der Waals surface area contributed by atoms with Crippen LogP contribution in [0.5, 0.6) is 0 Å². The van der Waals surface area contributed by atoms with E-state index in [1.54, 1.807) is 16.4 Å². The Morgan fingerprint density at radius 2 is 1.86 bits per heavy atom. The van der Waals surface area contributed by atoms with Crippen molar-refractivity contribution < 1.29 is 13.5 Å². The van der Waals surface area contributed by atoms with Gasteiger partial charge >= 0.3 is 0 Å². The Morgan fingerprint density at radius 1 is 1.29 bits per heavy atom. The highest BCUT2D eigenvalue weighted by Crippen LogP contribution is 2.32. The molecule has 1 aromatic rings. The van der Waals surface area contributed by atoms with Crippen LogP contribution in [0.4, 0.5) is 0 Å². The number of hydrogen-bond acceptors (Lipinski definition) is 3. The molecule has 21 heavy (non-hydrogen) atoms. The van der Waals surface area contributed by atoms with Crippen LogP contribution in [0.2, 0.25) is 5.02 Å². The maximum absolute atomic E-state index is 12.0. The molecular formula is C15H22ClNO3S. The van der Waals surface area contributed by atoms with Gasteiger partial charge in [-0.25, -0.2) is 12.7 Å². The molecule has 1 N–H and O–H groups in total. The van der Waals surface area contributed by atoms with Crippen molar-refractivity contribution >= 4 is 21.6 Å². The number of halogens is 1. The molecule has 0 radical (unpaired) electrons. The molecule has 0 spiro atoms. The fraction of sp³-hybridized carbons (Fsp3) is 0.600. The van der Waals surface area contributed by atoms with Gasteiger partial charge in [-0.3, -0.25) is 0 Å². The van der Waals surface area contributed by atoms with Gasteiger partial charge in [0.2, 0.25) is 10.0 Å². The van der Waals surface area contributed by atoms with Crippen molar-refractivity contribution in [1.82, 2.24) is 4.31 Å². The van der Waals surface area contributed by atoms with Gasteiger partial charge in [-0.1, -0.05) is 30.7 Å². The fourth-order valence-corrected chi connectivity index (χ4v) is 4.46. The molecule has 0 bridgehead atoms. The lowest BCUT2D eigenvalue weighted by Gasteiger charge is -2.33. The first-order valence-corrected chi connectivity index (χ1v) is 9.34. The molecule has 0 aliphatic carbocycles. The lowest BCUT2D eigenvalue weighted by molar-refractivity contribution is 0.0760. The minimum Gasteiger partial charge on any atom is -0.388 e. The van der Waals surface area contributed by atoms with E-state index in [0.717, 1.165) is 5.56 Å². The lowest BCUT2D eigenvalue weighted by Crippen LogP contribution is -2.40. The van der Waals surface area contributed by atoms with Crippen LogP contribution in [-0.4, -0.2) is 36.7 Å². The zero-order valence-electron chi connectivity index (χ0n) is 12.2. The number of aliphatic hydroxyl groups excluding tert-OH is 1. The lowest BCUT2D eigenvalue weighted by atomic mass is 9.88. The summed E-state index contributed by atoms with van der Waals surface area (Å²) < 4.78 is 25.6. The highest BCUT2D eigenvalue weighted by atomic mass is 35.5. The van der Waals surface area contributed by atoms with Gasteiger partial charge in [-0.05, 0) is 42.9 Å². The summed E-state index contributed by atoms with van der Waals surface area (Å²) >= 11 is 5.85. The van der Waals surface area contributed by atoms with E-state index < -0.39 is 16.1 Å². The molecule has 1 aromatic carbocycles. The second-order valence-electron chi connectivity index (χ2n) is 5.55. The largest absolute Gasteiger partial charge is 0.388 e. The van der Waals surface area contributed by atoms with Crippen LogP contribution in [0.25, 0.3) is 0 Å². The molecule has 2 rings (SSSR count). The van der Waals surface area contributed by atoms with Crippen molar-refractivity contribution in [2.75, 3.05) is 18.8 Å². The summed E-state index contributed by atoms with van der Waals surface area (Å²) in [5, 5.41) is 11.1. The van der Waals surface area contributed by atoms with Crippen LogP contribution >= 0.6 is 11.6 Å². The fourth-order valence-electron chi connectivity index (χ4n) is 2.79. The Morgan fingerprint density at radius 3 is 2.38 bits per heavy atom. The maximum Gasteiger partial charge on any atom is 0.214 e. The van der Waals surface area contributed by atoms with Crippen LogP contribution in [0.1, 0.15) is 37.9 Å². The zero-order valence-corrected chi connectivity index (χ0v) is 13.8. The molecule has 1 fully saturated rings. The third-order valence-corrected chi connectivity index (χ3v) is 6.34. The number of nitrogens with zero attached hydrogens (tertiary/aromatic N) is 1.